The van der Waals surface area contributed by atoms with Crippen molar-refractivity contribution in [2.24, 2.45) is 0 Å². The Bertz CT molecular complexity index is 626. The molecule has 0 atom stereocenters. The molecule has 1 aromatic heterocycles. The van der Waals surface area contributed by atoms with E-state index in [1.165, 1.54) is 6.20 Å². The first-order valence-corrected chi connectivity index (χ1v) is 5.55. The first kappa shape index (κ1) is 12.7. The molecule has 0 amide bonds. The Morgan fingerprint density at radius 1 is 1.58 bits per heavy atom. The van der Waals surface area contributed by atoms with Crippen molar-refractivity contribution < 1.29 is 5.11 Å². The Balaban J connectivity index is 2.24. The number of benzene rings is 1. The first-order chi connectivity index (χ1) is 9.24. The number of tetrazole rings is 1. The zero-order valence-corrected chi connectivity index (χ0v) is 10.3. The minimum Gasteiger partial charge on any atom is -0.392 e. The van der Waals surface area contributed by atoms with Crippen molar-refractivity contribution in [1.29, 1.82) is 5.26 Å². The average Bonchev–Trinajstić information content (AvgIpc) is 2.95. The third-order valence-corrected chi connectivity index (χ3v) is 2.56. The summed E-state index contributed by atoms with van der Waals surface area (Å²) in [4.78, 5) is 0. The fourth-order valence-corrected chi connectivity index (χ4v) is 1.50. The minimum absolute atomic E-state index is 0.0331. The number of anilines is 1. The van der Waals surface area contributed by atoms with Crippen LogP contribution in [0.3, 0.4) is 0 Å². The van der Waals surface area contributed by atoms with Crippen LogP contribution in [-0.4, -0.2) is 25.7 Å². The Hall–Kier alpha value is -2.72. The number of nitrogens with zero attached hydrogens (tertiary/aromatic N) is 4. The van der Waals surface area contributed by atoms with E-state index in [0.717, 1.165) is 16.8 Å². The number of aliphatic hydroxyl groups excluding tert-OH is 1. The van der Waals surface area contributed by atoms with Gasteiger partial charge in [-0.2, -0.15) is 10.5 Å². The summed E-state index contributed by atoms with van der Waals surface area (Å²) in [7, 11) is 0. The Morgan fingerprint density at radius 3 is 3.05 bits per heavy atom. The fourth-order valence-electron chi connectivity index (χ4n) is 1.50. The van der Waals surface area contributed by atoms with Crippen LogP contribution >= 0.6 is 0 Å². The lowest BCUT2D eigenvalue weighted by Gasteiger charge is -2.07. The van der Waals surface area contributed by atoms with Crippen LogP contribution in [0.2, 0.25) is 0 Å². The van der Waals surface area contributed by atoms with E-state index in [1.54, 1.807) is 0 Å². The number of hydrogen-bond donors (Lipinski definition) is 3. The highest BCUT2D eigenvalue weighted by Crippen LogP contribution is 2.18. The summed E-state index contributed by atoms with van der Waals surface area (Å²) in [5.74, 6) is 0.228. The van der Waals surface area contributed by atoms with E-state index < -0.39 is 0 Å². The molecule has 96 valence electrons. The van der Waals surface area contributed by atoms with E-state index in [1.807, 2.05) is 31.2 Å². The summed E-state index contributed by atoms with van der Waals surface area (Å²) < 4.78 is 0. The molecule has 7 heteroatoms. The molecule has 7 nitrogen and oxygen atoms in total. The SMILES string of the molecule is Cc1ccc(CO)cc1NC=C(C#N)c1nn[nH]n1. The molecule has 0 aliphatic carbocycles. The molecule has 3 N–H and O–H groups in total. The van der Waals surface area contributed by atoms with Crippen LogP contribution < -0.4 is 5.32 Å². The second-order valence-corrected chi connectivity index (χ2v) is 3.86. The molecule has 2 rings (SSSR count). The number of rotatable bonds is 4. The van der Waals surface area contributed by atoms with Crippen LogP contribution in [0.4, 0.5) is 5.69 Å². The van der Waals surface area contributed by atoms with E-state index in [-0.39, 0.29) is 18.0 Å². The van der Waals surface area contributed by atoms with Crippen LogP contribution in [0.15, 0.2) is 24.4 Å². The summed E-state index contributed by atoms with van der Waals surface area (Å²) in [6, 6.07) is 7.54. The smallest absolute Gasteiger partial charge is 0.216 e. The quantitative estimate of drug-likeness (QED) is 0.703. The molecular formula is C12H12N6O. The molecule has 2 aromatic rings. The molecule has 0 unspecified atom stereocenters. The number of H-pyrrole nitrogens is 1. The molecule has 0 saturated heterocycles. The average molecular weight is 256 g/mol. The van der Waals surface area contributed by atoms with Crippen molar-refractivity contribution in [3.05, 3.63) is 41.4 Å². The first-order valence-electron chi connectivity index (χ1n) is 5.55. The molecule has 19 heavy (non-hydrogen) atoms. The van der Waals surface area contributed by atoms with E-state index >= 15 is 0 Å². The van der Waals surface area contributed by atoms with Gasteiger partial charge in [0.2, 0.25) is 5.82 Å². The lowest BCUT2D eigenvalue weighted by atomic mass is 10.1. The van der Waals surface area contributed by atoms with Gasteiger partial charge in [0.1, 0.15) is 11.6 Å². The third kappa shape index (κ3) is 2.94. The highest BCUT2D eigenvalue weighted by atomic mass is 16.3. The second kappa shape index (κ2) is 5.75. The number of aromatic amines is 1. The molecule has 0 aliphatic rings. The van der Waals surface area contributed by atoms with Gasteiger partial charge in [-0.25, -0.2) is 0 Å². The lowest BCUT2D eigenvalue weighted by Crippen LogP contribution is -1.96. The lowest BCUT2D eigenvalue weighted by molar-refractivity contribution is 0.282. The van der Waals surface area contributed by atoms with Gasteiger partial charge in [-0.1, -0.05) is 12.1 Å². The molecule has 1 heterocycles. The Kier molecular flexibility index (Phi) is 3.85. The predicted molar refractivity (Wildman–Crippen MR) is 68.5 cm³/mol. The maximum Gasteiger partial charge on any atom is 0.216 e. The highest BCUT2D eigenvalue weighted by molar-refractivity contribution is 5.74. The van der Waals surface area contributed by atoms with Gasteiger partial charge in [0, 0.05) is 11.9 Å². The van der Waals surface area contributed by atoms with Gasteiger partial charge in [-0.15, -0.1) is 10.2 Å². The number of nitrogens with one attached hydrogen (secondary N) is 2. The van der Waals surface area contributed by atoms with Crippen molar-refractivity contribution in [2.75, 3.05) is 5.32 Å². The summed E-state index contributed by atoms with van der Waals surface area (Å²) in [6.45, 7) is 1.90. The second-order valence-electron chi connectivity index (χ2n) is 3.86. The van der Waals surface area contributed by atoms with E-state index in [0.29, 0.717) is 0 Å². The van der Waals surface area contributed by atoms with E-state index in [4.69, 9.17) is 10.4 Å². The van der Waals surface area contributed by atoms with E-state index in [9.17, 15) is 0 Å². The Morgan fingerprint density at radius 2 is 2.42 bits per heavy atom. The van der Waals surface area contributed by atoms with Gasteiger partial charge in [-0.3, -0.25) is 0 Å². The van der Waals surface area contributed by atoms with Crippen molar-refractivity contribution in [3.8, 4) is 6.07 Å². The molecule has 1 aromatic carbocycles. The molecule has 0 fully saturated rings. The number of aliphatic hydroxyl groups is 1. The topological polar surface area (TPSA) is 111 Å². The number of nitriles is 1. The number of hydrogen-bond acceptors (Lipinski definition) is 6. The minimum atomic E-state index is -0.0331. The van der Waals surface area contributed by atoms with Gasteiger partial charge in [0.05, 0.1) is 6.61 Å². The summed E-state index contributed by atoms with van der Waals surface area (Å²) in [5, 5.41) is 34.3. The van der Waals surface area contributed by atoms with Crippen LogP contribution in [-0.2, 0) is 6.61 Å². The molecule has 0 bridgehead atoms. The van der Waals surface area contributed by atoms with Crippen molar-refractivity contribution >= 4 is 11.3 Å². The van der Waals surface area contributed by atoms with Crippen molar-refractivity contribution in [3.63, 3.8) is 0 Å². The van der Waals surface area contributed by atoms with Gasteiger partial charge >= 0.3 is 0 Å². The number of aryl methyl sites for hydroxylation is 1. The molecule has 0 aliphatic heterocycles. The van der Waals surface area contributed by atoms with Crippen LogP contribution in [0.25, 0.3) is 5.57 Å². The summed E-state index contributed by atoms with van der Waals surface area (Å²) in [5.41, 5.74) is 2.86. The van der Waals surface area contributed by atoms with Gasteiger partial charge in [-0.05, 0) is 29.3 Å². The Labute approximate surface area is 109 Å². The number of allylic oxidation sites excluding steroid dienone is 1. The van der Waals surface area contributed by atoms with Crippen LogP contribution in [0.5, 0.6) is 0 Å². The van der Waals surface area contributed by atoms with Gasteiger partial charge < -0.3 is 10.4 Å². The maximum atomic E-state index is 9.10. The number of aromatic nitrogens is 4. The monoisotopic (exact) mass is 256 g/mol. The zero-order valence-electron chi connectivity index (χ0n) is 10.3. The predicted octanol–water partition coefficient (Wildman–Crippen LogP) is 0.977. The highest BCUT2D eigenvalue weighted by Gasteiger charge is 2.06. The van der Waals surface area contributed by atoms with Gasteiger partial charge in [0.25, 0.3) is 0 Å². The summed E-state index contributed by atoms with van der Waals surface area (Å²) >= 11 is 0. The van der Waals surface area contributed by atoms with Crippen molar-refractivity contribution in [1.82, 2.24) is 20.6 Å². The largest absolute Gasteiger partial charge is 0.392 e. The zero-order chi connectivity index (χ0) is 13.7. The van der Waals surface area contributed by atoms with Crippen LogP contribution in [0, 0.1) is 18.3 Å². The molecular weight excluding hydrogens is 244 g/mol. The summed E-state index contributed by atoms with van der Waals surface area (Å²) in [6.07, 6.45) is 1.51. The third-order valence-electron chi connectivity index (χ3n) is 2.56. The normalized spacial score (nSPS) is 11.1. The van der Waals surface area contributed by atoms with Gasteiger partial charge in [0.15, 0.2) is 0 Å². The standard InChI is InChI=1S/C12H12N6O/c1-8-2-3-9(7-19)4-11(8)14-6-10(5-13)12-15-17-18-16-12/h2-4,6,14,19H,7H2,1H3,(H,15,16,17,18). The van der Waals surface area contributed by atoms with E-state index in [2.05, 4.69) is 25.9 Å². The van der Waals surface area contributed by atoms with Crippen molar-refractivity contribution in [2.45, 2.75) is 13.5 Å². The molecule has 0 radical (unpaired) electrons. The molecule has 0 spiro atoms. The van der Waals surface area contributed by atoms with Crippen LogP contribution in [0.1, 0.15) is 17.0 Å². The maximum absolute atomic E-state index is 9.10. The fraction of sp³-hybridized carbons (Fsp3) is 0.167. The molecule has 0 saturated carbocycles.